The lowest BCUT2D eigenvalue weighted by Gasteiger charge is -2.49. The number of carboxylic acids is 1. The van der Waals surface area contributed by atoms with Gasteiger partial charge in [0, 0.05) is 38.5 Å². The van der Waals surface area contributed by atoms with Gasteiger partial charge in [0.05, 0.1) is 17.9 Å². The maximum Gasteiger partial charge on any atom is 0.352 e. The number of hydrogen-bond acceptors (Lipinski definition) is 9. The highest BCUT2D eigenvalue weighted by Gasteiger charge is 2.54. The number of nitrogens with one attached hydrogen (secondary N) is 1. The van der Waals surface area contributed by atoms with Crippen molar-refractivity contribution in [1.29, 1.82) is 0 Å². The number of halogens is 2. The largest absolute Gasteiger partial charge is 0.477 e. The Morgan fingerprint density at radius 2 is 1.90 bits per heavy atom. The Labute approximate surface area is 258 Å². The van der Waals surface area contributed by atoms with E-state index in [1.807, 2.05) is 0 Å². The first kappa shape index (κ1) is 31.2. The Morgan fingerprint density at radius 3 is 2.59 bits per heavy atom. The fraction of sp³-hybridized carbons (Fsp3) is 0.308. The van der Waals surface area contributed by atoms with Gasteiger partial charge in [0.2, 0.25) is 18.2 Å². The summed E-state index contributed by atoms with van der Waals surface area (Å²) < 4.78 is 6.13. The lowest BCUT2D eigenvalue weighted by atomic mass is 10.0. The third-order valence-electron chi connectivity index (χ3n) is 6.02. The van der Waals surface area contributed by atoms with Crippen LogP contribution in [0, 0.1) is 0 Å². The summed E-state index contributed by atoms with van der Waals surface area (Å²) in [7, 11) is 1.22. The summed E-state index contributed by atoms with van der Waals surface area (Å²) in [6.45, 7) is 0.0220. The lowest BCUT2D eigenvalue weighted by molar-refractivity contribution is -0.684. The van der Waals surface area contributed by atoms with Crippen molar-refractivity contribution in [1.82, 2.24) is 10.2 Å². The molecule has 0 spiro atoms. The second kappa shape index (κ2) is 14.0. The number of carboxylic acid groups (broad SMARTS) is 1. The Bertz CT molecular complexity index is 1420. The average Bonchev–Trinajstić information content (AvgIpc) is 2.95. The monoisotopic (exact) mass is 656 g/mol. The molecule has 1 aromatic carbocycles. The van der Waals surface area contributed by atoms with E-state index < -0.39 is 29.3 Å². The van der Waals surface area contributed by atoms with Crippen LogP contribution in [0.2, 0.25) is 10.0 Å². The highest BCUT2D eigenvalue weighted by atomic mass is 35.5. The Kier molecular flexibility index (Phi) is 10.6. The van der Waals surface area contributed by atoms with Crippen LogP contribution in [0.1, 0.15) is 6.42 Å². The van der Waals surface area contributed by atoms with Gasteiger partial charge >= 0.3 is 11.9 Å². The molecule has 41 heavy (non-hydrogen) atoms. The van der Waals surface area contributed by atoms with Crippen molar-refractivity contribution >= 4 is 88.0 Å². The number of esters is 1. The molecule has 2 N–H and O–H groups in total. The van der Waals surface area contributed by atoms with Gasteiger partial charge in [0.1, 0.15) is 23.5 Å². The van der Waals surface area contributed by atoms with Crippen LogP contribution in [-0.2, 0) is 35.3 Å². The number of carbonyl (C=O) groups is 5. The molecule has 15 heteroatoms. The van der Waals surface area contributed by atoms with Gasteiger partial charge in [-0.1, -0.05) is 23.2 Å². The molecule has 0 saturated carbocycles. The predicted molar refractivity (Wildman–Crippen MR) is 156 cm³/mol. The van der Waals surface area contributed by atoms with Crippen molar-refractivity contribution in [2.75, 3.05) is 24.4 Å². The lowest BCUT2D eigenvalue weighted by Crippen LogP contribution is -2.70. The maximum atomic E-state index is 12.9. The molecule has 216 valence electrons. The van der Waals surface area contributed by atoms with Crippen molar-refractivity contribution in [2.24, 2.45) is 0 Å². The van der Waals surface area contributed by atoms with Gasteiger partial charge < -0.3 is 15.2 Å². The SMILES string of the molecule is COC(=O)CC(=O)C[n+]1ccc(SCC2=C(C(=O)O)N3C(=O)[C@H](NC(=O)CSc4cc(Cl)ccc4Cl)[C@H]3SC2)cc1. The molecule has 2 atom stereocenters. The third kappa shape index (κ3) is 7.77. The van der Waals surface area contributed by atoms with Gasteiger partial charge in [-0.2, -0.15) is 4.57 Å². The summed E-state index contributed by atoms with van der Waals surface area (Å²) in [6.07, 6.45) is 3.09. The number of fused-ring (bicyclic) bond motifs is 1. The summed E-state index contributed by atoms with van der Waals surface area (Å²) in [5, 5.41) is 13.1. The van der Waals surface area contributed by atoms with Crippen LogP contribution < -0.4 is 9.88 Å². The predicted octanol–water partition coefficient (Wildman–Crippen LogP) is 3.04. The summed E-state index contributed by atoms with van der Waals surface area (Å²) in [5.41, 5.74) is 0.536. The van der Waals surface area contributed by atoms with Gasteiger partial charge in [-0.15, -0.1) is 35.3 Å². The van der Waals surface area contributed by atoms with Gasteiger partial charge in [0.15, 0.2) is 12.4 Å². The van der Waals surface area contributed by atoms with E-state index in [0.29, 0.717) is 32.0 Å². The first-order chi connectivity index (χ1) is 19.6. The van der Waals surface area contributed by atoms with Gasteiger partial charge in [0.25, 0.3) is 5.91 Å². The van der Waals surface area contributed by atoms with Crippen LogP contribution in [-0.4, -0.2) is 75.3 Å². The molecule has 2 aliphatic rings. The quantitative estimate of drug-likeness (QED) is 0.115. The van der Waals surface area contributed by atoms with Crippen molar-refractivity contribution in [3.05, 3.63) is 64.0 Å². The number of carbonyl (C=O) groups excluding carboxylic acids is 4. The second-order valence-corrected chi connectivity index (χ2v) is 12.9. The average molecular weight is 658 g/mol. The second-order valence-electron chi connectivity index (χ2n) is 8.86. The summed E-state index contributed by atoms with van der Waals surface area (Å²) in [5.74, 6) is -2.19. The molecule has 4 rings (SSSR count). The van der Waals surface area contributed by atoms with Crippen LogP contribution in [0.25, 0.3) is 0 Å². The first-order valence-electron chi connectivity index (χ1n) is 12.0. The number of thioether (sulfide) groups is 3. The fourth-order valence-electron chi connectivity index (χ4n) is 4.05. The summed E-state index contributed by atoms with van der Waals surface area (Å²) >= 11 is 16.1. The molecule has 1 saturated heterocycles. The van der Waals surface area contributed by atoms with E-state index in [1.54, 1.807) is 47.3 Å². The van der Waals surface area contributed by atoms with E-state index in [9.17, 15) is 29.1 Å². The minimum absolute atomic E-state index is 0.0151. The fourth-order valence-corrected chi connectivity index (χ4v) is 7.72. The number of Topliss-reactive ketones (excluding diaryl/α,β-unsaturated/α-hetero) is 1. The van der Waals surface area contributed by atoms with Gasteiger partial charge in [-0.05, 0) is 23.8 Å². The topological polar surface area (TPSA) is 134 Å². The molecule has 1 fully saturated rings. The number of ether oxygens (including phenoxy) is 1. The molecular formula is C26H24Cl2N3O7S3+. The van der Waals surface area contributed by atoms with Crippen molar-refractivity contribution in [3.63, 3.8) is 0 Å². The molecule has 0 radical (unpaired) electrons. The minimum atomic E-state index is -1.20. The number of methoxy groups -OCH3 is 1. The highest BCUT2D eigenvalue weighted by Crippen LogP contribution is 2.41. The number of aromatic nitrogens is 1. The zero-order valence-corrected chi connectivity index (χ0v) is 25.5. The van der Waals surface area contributed by atoms with Crippen LogP contribution in [0.5, 0.6) is 0 Å². The van der Waals surface area contributed by atoms with E-state index >= 15 is 0 Å². The van der Waals surface area contributed by atoms with Crippen molar-refractivity contribution < 1.29 is 38.4 Å². The highest BCUT2D eigenvalue weighted by molar-refractivity contribution is 8.01. The number of hydrogen-bond donors (Lipinski definition) is 2. The molecule has 2 aliphatic heterocycles. The molecule has 0 aliphatic carbocycles. The number of nitrogens with zero attached hydrogens (tertiary/aromatic N) is 2. The first-order valence-corrected chi connectivity index (χ1v) is 15.8. The molecule has 2 aromatic rings. The molecule has 0 bridgehead atoms. The number of amides is 2. The van der Waals surface area contributed by atoms with E-state index in [0.717, 1.165) is 4.90 Å². The van der Waals surface area contributed by atoms with Gasteiger partial charge in [-0.25, -0.2) is 4.79 Å². The van der Waals surface area contributed by atoms with E-state index in [-0.39, 0.29) is 36.1 Å². The van der Waals surface area contributed by atoms with Crippen molar-refractivity contribution in [3.8, 4) is 0 Å². The number of aliphatic carboxylic acids is 1. The van der Waals surface area contributed by atoms with E-state index in [4.69, 9.17) is 23.2 Å². The van der Waals surface area contributed by atoms with E-state index in [1.165, 1.54) is 47.3 Å². The number of pyridine rings is 1. The molecule has 0 unspecified atom stereocenters. The third-order valence-corrected chi connectivity index (χ3v) is 10.2. The van der Waals surface area contributed by atoms with Crippen LogP contribution in [0.4, 0.5) is 0 Å². The van der Waals surface area contributed by atoms with Crippen LogP contribution >= 0.6 is 58.5 Å². The molecular weight excluding hydrogens is 633 g/mol. The molecule has 2 amide bonds. The van der Waals surface area contributed by atoms with Gasteiger partial charge in [-0.3, -0.25) is 24.1 Å². The molecule has 10 nitrogen and oxygen atoms in total. The number of benzene rings is 1. The molecule has 3 heterocycles. The zero-order chi connectivity index (χ0) is 29.7. The van der Waals surface area contributed by atoms with Crippen LogP contribution in [0.3, 0.4) is 0 Å². The number of β-lactam (4-membered cyclic amide) rings is 1. The van der Waals surface area contributed by atoms with Crippen molar-refractivity contribution in [2.45, 2.75) is 34.2 Å². The Balaban J connectivity index is 1.33. The minimum Gasteiger partial charge on any atom is -0.477 e. The standard InChI is InChI=1S/C26H23Cl2N3O7S3/c1-38-21(34)9-16(32)10-30-6-4-17(5-7-30)39-11-14-12-41-25-22(24(35)31(25)23(14)26(36)37)29-20(33)13-40-19-8-15(27)2-3-18(19)28/h2-8,22,25H,9-13H2,1H3,(H-,29,33,36,37)/p+1/t22-,25+/m0/s1. The normalized spacial score (nSPS) is 17.9. The molecule has 1 aromatic heterocycles. The maximum absolute atomic E-state index is 12.9. The van der Waals surface area contributed by atoms with E-state index in [2.05, 4.69) is 10.1 Å². The number of ketones is 1. The van der Waals surface area contributed by atoms with Crippen LogP contribution in [0.15, 0.2) is 63.8 Å². The Hall–Kier alpha value is -2.71. The summed E-state index contributed by atoms with van der Waals surface area (Å²) in [6, 6.07) is 7.68. The smallest absolute Gasteiger partial charge is 0.352 e. The Morgan fingerprint density at radius 1 is 1.17 bits per heavy atom. The summed E-state index contributed by atoms with van der Waals surface area (Å²) in [4.78, 5) is 63.5. The zero-order valence-electron chi connectivity index (χ0n) is 21.5. The number of rotatable bonds is 12.